The van der Waals surface area contributed by atoms with Crippen molar-refractivity contribution < 1.29 is 14.6 Å². The minimum atomic E-state index is -0.171. The lowest BCUT2D eigenvalue weighted by Gasteiger charge is -2.07. The van der Waals surface area contributed by atoms with E-state index in [4.69, 9.17) is 4.74 Å². The van der Waals surface area contributed by atoms with Crippen LogP contribution < -0.4 is 10.1 Å². The largest absolute Gasteiger partial charge is 0.504 e. The van der Waals surface area contributed by atoms with E-state index in [2.05, 4.69) is 31.3 Å². The fraction of sp³-hybridized carbons (Fsp3) is 0.250. The molecule has 0 spiro atoms. The number of hydrogen-bond donors (Lipinski definition) is 2. The van der Waals surface area contributed by atoms with Crippen LogP contribution in [0.1, 0.15) is 36.5 Å². The van der Waals surface area contributed by atoms with E-state index in [-0.39, 0.29) is 11.7 Å². The summed E-state index contributed by atoms with van der Waals surface area (Å²) in [4.78, 5) is 11.9. The maximum Gasteiger partial charge on any atom is 0.244 e. The van der Waals surface area contributed by atoms with Crippen molar-refractivity contribution in [3.63, 3.8) is 0 Å². The molecule has 24 heavy (non-hydrogen) atoms. The van der Waals surface area contributed by atoms with Crippen LogP contribution in [0.25, 0.3) is 6.08 Å². The van der Waals surface area contributed by atoms with Gasteiger partial charge in [-0.15, -0.1) is 0 Å². The molecule has 2 aromatic carbocycles. The van der Waals surface area contributed by atoms with Gasteiger partial charge in [0.25, 0.3) is 0 Å². The van der Waals surface area contributed by atoms with E-state index in [9.17, 15) is 9.90 Å². The van der Waals surface area contributed by atoms with Crippen LogP contribution in [0, 0.1) is 0 Å². The van der Waals surface area contributed by atoms with Gasteiger partial charge in [0.05, 0.1) is 7.11 Å². The monoisotopic (exact) mass is 325 g/mol. The molecule has 0 aliphatic carbocycles. The first-order chi connectivity index (χ1) is 11.5. The maximum absolute atomic E-state index is 11.9. The Morgan fingerprint density at radius 3 is 2.54 bits per heavy atom. The van der Waals surface area contributed by atoms with E-state index in [1.165, 1.54) is 18.7 Å². The minimum absolute atomic E-state index is 0.0808. The van der Waals surface area contributed by atoms with E-state index < -0.39 is 0 Å². The number of aromatic hydroxyl groups is 1. The lowest BCUT2D eigenvalue weighted by Crippen LogP contribution is -2.20. The molecule has 126 valence electrons. The lowest BCUT2D eigenvalue weighted by molar-refractivity contribution is -0.116. The molecule has 4 nitrogen and oxygen atoms in total. The fourth-order valence-electron chi connectivity index (χ4n) is 2.24. The van der Waals surface area contributed by atoms with E-state index >= 15 is 0 Å². The number of phenols is 1. The Morgan fingerprint density at radius 2 is 1.92 bits per heavy atom. The van der Waals surface area contributed by atoms with Gasteiger partial charge in [-0.2, -0.15) is 0 Å². The molecule has 0 heterocycles. The lowest BCUT2D eigenvalue weighted by atomic mass is 10.0. The zero-order valence-corrected chi connectivity index (χ0v) is 14.2. The first kappa shape index (κ1) is 17.6. The quantitative estimate of drug-likeness (QED) is 0.793. The molecule has 0 bridgehead atoms. The van der Waals surface area contributed by atoms with Crippen molar-refractivity contribution in [2.45, 2.75) is 26.3 Å². The number of benzene rings is 2. The van der Waals surface area contributed by atoms with Crippen LogP contribution in [0.3, 0.4) is 0 Å². The highest BCUT2D eigenvalue weighted by atomic mass is 16.5. The smallest absolute Gasteiger partial charge is 0.244 e. The Bertz CT molecular complexity index is 718. The fourth-order valence-corrected chi connectivity index (χ4v) is 2.24. The van der Waals surface area contributed by atoms with Crippen molar-refractivity contribution in [2.75, 3.05) is 7.11 Å². The number of carbonyl (C=O) groups is 1. The van der Waals surface area contributed by atoms with E-state index in [0.29, 0.717) is 18.2 Å². The molecule has 0 aliphatic rings. The van der Waals surface area contributed by atoms with Crippen LogP contribution in [0.4, 0.5) is 0 Å². The van der Waals surface area contributed by atoms with Gasteiger partial charge in [-0.05, 0) is 40.8 Å². The van der Waals surface area contributed by atoms with Crippen molar-refractivity contribution in [1.82, 2.24) is 5.32 Å². The number of carbonyl (C=O) groups excluding carboxylic acids is 1. The Kier molecular flexibility index (Phi) is 6.01. The highest BCUT2D eigenvalue weighted by Gasteiger charge is 2.03. The molecule has 0 saturated heterocycles. The zero-order valence-electron chi connectivity index (χ0n) is 14.2. The number of phenolic OH excluding ortho intramolecular Hbond substituents is 1. The van der Waals surface area contributed by atoms with Gasteiger partial charge in [0.2, 0.25) is 5.91 Å². The molecule has 4 heteroatoms. The molecular formula is C20H23NO3. The second-order valence-corrected chi connectivity index (χ2v) is 5.88. The standard InChI is InChI=1S/C20H23NO3/c1-14(2)17-8-4-15(5-9-17)7-11-20(23)21-13-16-6-10-18(22)19(12-16)24-3/h4-12,14,22H,13H2,1-3H3,(H,21,23). The first-order valence-electron chi connectivity index (χ1n) is 7.91. The van der Waals surface area contributed by atoms with Crippen molar-refractivity contribution in [1.29, 1.82) is 0 Å². The molecule has 0 fully saturated rings. The third-order valence-electron chi connectivity index (χ3n) is 3.74. The van der Waals surface area contributed by atoms with Crippen molar-refractivity contribution in [3.8, 4) is 11.5 Å². The van der Waals surface area contributed by atoms with Crippen molar-refractivity contribution >= 4 is 12.0 Å². The van der Waals surface area contributed by atoms with Crippen LogP contribution in [0.5, 0.6) is 11.5 Å². The first-order valence-corrected chi connectivity index (χ1v) is 7.91. The van der Waals surface area contributed by atoms with Crippen molar-refractivity contribution in [3.05, 3.63) is 65.2 Å². The summed E-state index contributed by atoms with van der Waals surface area (Å²) in [6.45, 7) is 4.67. The summed E-state index contributed by atoms with van der Waals surface area (Å²) in [6, 6.07) is 13.1. The Morgan fingerprint density at radius 1 is 1.21 bits per heavy atom. The second-order valence-electron chi connectivity index (χ2n) is 5.88. The number of ether oxygens (including phenoxy) is 1. The average Bonchev–Trinajstić information content (AvgIpc) is 2.59. The summed E-state index contributed by atoms with van der Waals surface area (Å²) in [5.74, 6) is 0.795. The summed E-state index contributed by atoms with van der Waals surface area (Å²) < 4.78 is 5.05. The summed E-state index contributed by atoms with van der Waals surface area (Å²) in [6.07, 6.45) is 3.30. The van der Waals surface area contributed by atoms with Gasteiger partial charge < -0.3 is 15.2 Å². The van der Waals surface area contributed by atoms with Crippen LogP contribution in [0.2, 0.25) is 0 Å². The van der Waals surface area contributed by atoms with E-state index in [1.54, 1.807) is 24.3 Å². The molecular weight excluding hydrogens is 302 g/mol. The summed E-state index contributed by atoms with van der Waals surface area (Å²) in [5, 5.41) is 12.4. The Hall–Kier alpha value is -2.75. The van der Waals surface area contributed by atoms with E-state index in [0.717, 1.165) is 11.1 Å². The highest BCUT2D eigenvalue weighted by molar-refractivity contribution is 5.91. The van der Waals surface area contributed by atoms with Gasteiger partial charge in [0.1, 0.15) is 0 Å². The number of hydrogen-bond acceptors (Lipinski definition) is 3. The molecule has 0 aromatic heterocycles. The average molecular weight is 325 g/mol. The predicted octanol–water partition coefficient (Wildman–Crippen LogP) is 3.85. The molecule has 2 N–H and O–H groups in total. The third-order valence-corrected chi connectivity index (χ3v) is 3.74. The summed E-state index contributed by atoms with van der Waals surface area (Å²) in [7, 11) is 1.49. The Labute approximate surface area is 142 Å². The molecule has 1 amide bonds. The topological polar surface area (TPSA) is 58.6 Å². The van der Waals surface area contributed by atoms with Gasteiger partial charge >= 0.3 is 0 Å². The van der Waals surface area contributed by atoms with Gasteiger partial charge in [-0.1, -0.05) is 44.2 Å². The number of methoxy groups -OCH3 is 1. The van der Waals surface area contributed by atoms with Crippen LogP contribution >= 0.6 is 0 Å². The maximum atomic E-state index is 11.9. The highest BCUT2D eigenvalue weighted by Crippen LogP contribution is 2.26. The Balaban J connectivity index is 1.91. The van der Waals surface area contributed by atoms with Gasteiger partial charge in [0, 0.05) is 12.6 Å². The minimum Gasteiger partial charge on any atom is -0.504 e. The van der Waals surface area contributed by atoms with E-state index in [1.807, 2.05) is 12.1 Å². The molecule has 0 atom stereocenters. The van der Waals surface area contributed by atoms with Gasteiger partial charge in [0.15, 0.2) is 11.5 Å². The normalized spacial score (nSPS) is 11.0. The molecule has 0 aliphatic heterocycles. The van der Waals surface area contributed by atoms with Gasteiger partial charge in [-0.25, -0.2) is 0 Å². The summed E-state index contributed by atoms with van der Waals surface area (Å²) in [5.41, 5.74) is 3.12. The number of rotatable bonds is 6. The number of nitrogens with one attached hydrogen (secondary N) is 1. The van der Waals surface area contributed by atoms with Crippen LogP contribution in [-0.2, 0) is 11.3 Å². The molecule has 0 saturated carbocycles. The second kappa shape index (κ2) is 8.20. The predicted molar refractivity (Wildman–Crippen MR) is 96.1 cm³/mol. The molecule has 0 unspecified atom stereocenters. The molecule has 2 aromatic rings. The van der Waals surface area contributed by atoms with Crippen LogP contribution in [0.15, 0.2) is 48.5 Å². The molecule has 0 radical (unpaired) electrons. The van der Waals surface area contributed by atoms with Gasteiger partial charge in [-0.3, -0.25) is 4.79 Å². The third kappa shape index (κ3) is 4.88. The van der Waals surface area contributed by atoms with Crippen LogP contribution in [-0.4, -0.2) is 18.1 Å². The summed E-state index contributed by atoms with van der Waals surface area (Å²) >= 11 is 0. The molecule has 2 rings (SSSR count). The number of amides is 1. The van der Waals surface area contributed by atoms with Crippen molar-refractivity contribution in [2.24, 2.45) is 0 Å². The zero-order chi connectivity index (χ0) is 17.5. The SMILES string of the molecule is COc1cc(CNC(=O)C=Cc2ccc(C(C)C)cc2)ccc1O.